The van der Waals surface area contributed by atoms with E-state index in [9.17, 15) is 25.5 Å². The molecule has 0 heterocycles. The number of rotatable bonds is 14. The fourth-order valence-electron chi connectivity index (χ4n) is 2.03. The monoisotopic (exact) mass is 335 g/mol. The quantitative estimate of drug-likeness (QED) is 0.143. The first-order valence-corrected chi connectivity index (χ1v) is 7.71. The Kier molecular flexibility index (Phi) is 12.8. The van der Waals surface area contributed by atoms with Crippen LogP contribution < -0.4 is 0 Å². The maximum atomic E-state index is 9.82. The Bertz CT molecular complexity index is 311. The van der Waals surface area contributed by atoms with E-state index in [1.165, 1.54) is 0 Å². The molecule has 0 saturated heterocycles. The van der Waals surface area contributed by atoms with Crippen LogP contribution in [0.25, 0.3) is 0 Å². The van der Waals surface area contributed by atoms with Gasteiger partial charge in [0.05, 0.1) is 6.61 Å². The van der Waals surface area contributed by atoms with Crippen LogP contribution in [0.3, 0.4) is 0 Å². The number of hydrogen-bond acceptors (Lipinski definition) is 8. The summed E-state index contributed by atoms with van der Waals surface area (Å²) in [5.74, 6) is 0. The molecule has 0 aliphatic heterocycles. The summed E-state index contributed by atoms with van der Waals surface area (Å²) < 4.78 is 5.30. The van der Waals surface area contributed by atoms with E-state index in [2.05, 4.69) is 6.47 Å². The summed E-state index contributed by atoms with van der Waals surface area (Å²) in [4.78, 5) is 1.57. The van der Waals surface area contributed by atoms with Crippen molar-refractivity contribution in [1.82, 2.24) is 4.90 Å². The Balaban J connectivity index is 4.02. The van der Waals surface area contributed by atoms with E-state index in [1.54, 1.807) is 18.9 Å². The van der Waals surface area contributed by atoms with Gasteiger partial charge in [0.25, 0.3) is 0 Å². The van der Waals surface area contributed by atoms with Crippen LogP contribution >= 0.6 is 0 Å². The Morgan fingerprint density at radius 1 is 1.04 bits per heavy atom. The van der Waals surface area contributed by atoms with Gasteiger partial charge in [0.1, 0.15) is 6.10 Å². The predicted octanol–water partition coefficient (Wildman–Crippen LogP) is -3.32. The Morgan fingerprint density at radius 2 is 1.65 bits per heavy atom. The molecule has 8 nitrogen and oxygen atoms in total. The molecule has 5 unspecified atom stereocenters. The summed E-state index contributed by atoms with van der Waals surface area (Å²) >= 11 is 0. The minimum absolute atomic E-state index is 0.0239. The van der Waals surface area contributed by atoms with E-state index >= 15 is 0 Å². The Hall–Kier alpha value is -0.385. The third-order valence-corrected chi connectivity index (χ3v) is 3.35. The summed E-state index contributed by atoms with van der Waals surface area (Å²) in [6.45, 7) is 5.55. The van der Waals surface area contributed by atoms with Gasteiger partial charge in [0.15, 0.2) is 0 Å². The van der Waals surface area contributed by atoms with Gasteiger partial charge in [0, 0.05) is 0 Å². The smallest absolute Gasteiger partial charge is 0.394 e. The minimum Gasteiger partial charge on any atom is -0.394 e. The molecule has 0 aliphatic rings. The molecule has 5 atom stereocenters. The summed E-state index contributed by atoms with van der Waals surface area (Å²) in [6.07, 6.45) is -5.18. The second kappa shape index (κ2) is 13.0. The normalized spacial score (nSPS) is 18.3. The molecule has 136 valence electrons. The molecule has 0 rings (SSSR count). The summed E-state index contributed by atoms with van der Waals surface area (Å²) in [5.41, 5.74) is 0. The number of hydrogen-bond donors (Lipinski definition) is 6. The molecule has 0 aliphatic carbocycles. The van der Waals surface area contributed by atoms with Crippen molar-refractivity contribution in [1.29, 1.82) is 0 Å². The first kappa shape index (κ1) is 22.6. The standard InChI is InChI=1S/C14H30BNO7/c1-15-4-3-5-23-9-10(18)6-16(2)7-11(19)13(21)14(22)12(20)8-17/h10-14,17-22H,1,3-9H2,2H3. The predicted molar refractivity (Wildman–Crippen MR) is 87.7 cm³/mol. The first-order chi connectivity index (χ1) is 10.8. The molecule has 0 fully saturated rings. The van der Waals surface area contributed by atoms with Crippen molar-refractivity contribution in [2.75, 3.05) is 40.0 Å². The van der Waals surface area contributed by atoms with Crippen LogP contribution in [0.5, 0.6) is 0 Å². The van der Waals surface area contributed by atoms with Gasteiger partial charge in [0.2, 0.25) is 0 Å². The van der Waals surface area contributed by atoms with E-state index in [0.717, 1.165) is 12.7 Å². The zero-order chi connectivity index (χ0) is 17.8. The van der Waals surface area contributed by atoms with Crippen molar-refractivity contribution in [2.45, 2.75) is 43.3 Å². The van der Waals surface area contributed by atoms with Crippen LogP contribution in [-0.2, 0) is 4.74 Å². The van der Waals surface area contributed by atoms with Crippen LogP contribution in [0, 0.1) is 0 Å². The SMILES string of the molecule is C=BCCCOCC(O)CN(C)CC(O)C(O)C(O)C(O)CO. The molecular formula is C14H30BNO7. The van der Waals surface area contributed by atoms with Crippen molar-refractivity contribution in [3.05, 3.63) is 0 Å². The van der Waals surface area contributed by atoms with Gasteiger partial charge in [-0.3, -0.25) is 0 Å². The molecule has 0 aromatic heterocycles. The minimum atomic E-state index is -1.65. The third kappa shape index (κ3) is 10.2. The van der Waals surface area contributed by atoms with Crippen LogP contribution in [0.1, 0.15) is 6.42 Å². The molecule has 0 bridgehead atoms. The van der Waals surface area contributed by atoms with Gasteiger partial charge in [-0.1, -0.05) is 0 Å². The van der Waals surface area contributed by atoms with Crippen molar-refractivity contribution in [3.63, 3.8) is 0 Å². The van der Waals surface area contributed by atoms with Gasteiger partial charge in [-0.2, -0.15) is 0 Å². The van der Waals surface area contributed by atoms with Gasteiger partial charge in [-0.25, -0.2) is 0 Å². The van der Waals surface area contributed by atoms with E-state index in [4.69, 9.17) is 9.84 Å². The Morgan fingerprint density at radius 3 is 2.22 bits per heavy atom. The molecule has 0 amide bonds. The van der Waals surface area contributed by atoms with Crippen molar-refractivity contribution < 1.29 is 35.4 Å². The second-order valence-corrected chi connectivity index (χ2v) is 5.68. The number of ether oxygens (including phenoxy) is 1. The van der Waals surface area contributed by atoms with E-state index < -0.39 is 37.1 Å². The van der Waals surface area contributed by atoms with Gasteiger partial charge in [-0.05, 0) is 0 Å². The zero-order valence-electron chi connectivity index (χ0n) is 13.7. The number of likely N-dealkylation sites (N-methyl/N-ethyl adjacent to an activating group) is 1. The number of nitrogens with zero attached hydrogens (tertiary/aromatic N) is 1. The molecular weight excluding hydrogens is 305 g/mol. The average molecular weight is 335 g/mol. The number of aliphatic hydroxyl groups is 6. The second-order valence-electron chi connectivity index (χ2n) is 5.68. The van der Waals surface area contributed by atoms with E-state index in [1.807, 2.05) is 0 Å². The summed E-state index contributed by atoms with van der Waals surface area (Å²) in [5, 5.41) is 56.8. The molecule has 0 aromatic rings. The van der Waals surface area contributed by atoms with Crippen LogP contribution in [0.15, 0.2) is 0 Å². The summed E-state index contributed by atoms with van der Waals surface area (Å²) in [7, 11) is 1.63. The first-order valence-electron chi connectivity index (χ1n) is 7.71. The van der Waals surface area contributed by atoms with Crippen molar-refractivity contribution in [2.24, 2.45) is 0 Å². The van der Waals surface area contributed by atoms with Gasteiger partial charge in [-0.15, -0.1) is 0 Å². The van der Waals surface area contributed by atoms with Crippen LogP contribution in [0.2, 0.25) is 6.32 Å². The third-order valence-electron chi connectivity index (χ3n) is 3.35. The zero-order valence-corrected chi connectivity index (χ0v) is 13.7. The molecule has 9 heteroatoms. The fraction of sp³-hybridized carbons (Fsp3) is 0.929. The van der Waals surface area contributed by atoms with Crippen molar-refractivity contribution in [3.8, 4) is 0 Å². The number of aliphatic hydroxyl groups excluding tert-OH is 6. The molecule has 6 N–H and O–H groups in total. The molecule has 0 radical (unpaired) electrons. The average Bonchev–Trinajstić information content (AvgIpc) is 2.52. The van der Waals surface area contributed by atoms with Crippen LogP contribution in [0.4, 0.5) is 0 Å². The molecule has 23 heavy (non-hydrogen) atoms. The molecule has 0 saturated carbocycles. The van der Waals surface area contributed by atoms with Crippen molar-refractivity contribution >= 4 is 13.4 Å². The van der Waals surface area contributed by atoms with Gasteiger partial charge < -0.3 is 15.3 Å². The van der Waals surface area contributed by atoms with Gasteiger partial charge >= 0.3 is 109 Å². The topological polar surface area (TPSA) is 134 Å². The van der Waals surface area contributed by atoms with Crippen LogP contribution in [-0.4, -0.2) is 119 Å². The van der Waals surface area contributed by atoms with E-state index in [-0.39, 0.29) is 19.7 Å². The fourth-order valence-corrected chi connectivity index (χ4v) is 2.03. The summed E-state index contributed by atoms with van der Waals surface area (Å²) in [6, 6.07) is 0. The van der Waals surface area contributed by atoms with E-state index in [0.29, 0.717) is 6.61 Å². The molecule has 0 aromatic carbocycles. The molecule has 0 spiro atoms. The maximum absolute atomic E-state index is 9.82. The Labute approximate surface area is 137 Å².